The zero-order chi connectivity index (χ0) is 15.6. The van der Waals surface area contributed by atoms with Crippen LogP contribution < -0.4 is 5.32 Å². The van der Waals surface area contributed by atoms with Crippen LogP contribution >= 0.6 is 23.2 Å². The van der Waals surface area contributed by atoms with E-state index in [1.807, 2.05) is 36.7 Å². The smallest absolute Gasteiger partial charge is 0.120 e. The molecule has 0 fully saturated rings. The molecule has 0 aliphatic heterocycles. The second-order valence-electron chi connectivity index (χ2n) is 5.08. The summed E-state index contributed by atoms with van der Waals surface area (Å²) < 4.78 is 1.90. The summed E-state index contributed by atoms with van der Waals surface area (Å²) >= 11 is 12.1. The van der Waals surface area contributed by atoms with Gasteiger partial charge in [-0.15, -0.1) is 0 Å². The van der Waals surface area contributed by atoms with Gasteiger partial charge in [0.2, 0.25) is 0 Å². The summed E-state index contributed by atoms with van der Waals surface area (Å²) in [5, 5.41) is 13.8. The molecule has 1 atom stereocenters. The van der Waals surface area contributed by atoms with Gasteiger partial charge in [-0.25, -0.2) is 0 Å². The van der Waals surface area contributed by atoms with Gasteiger partial charge in [0.05, 0.1) is 0 Å². The number of hydrogen-bond acceptors (Lipinski definition) is 2. The van der Waals surface area contributed by atoms with Gasteiger partial charge in [0.15, 0.2) is 0 Å². The zero-order valence-corrected chi connectivity index (χ0v) is 13.8. The van der Waals surface area contributed by atoms with Gasteiger partial charge in [0.25, 0.3) is 0 Å². The first-order chi connectivity index (χ1) is 9.93. The number of rotatable bonds is 4. The third kappa shape index (κ3) is 3.41. The molecular weight excluding hydrogens is 305 g/mol. The van der Waals surface area contributed by atoms with Crippen LogP contribution in [0, 0.1) is 18.3 Å². The van der Waals surface area contributed by atoms with Gasteiger partial charge < -0.3 is 9.88 Å². The lowest BCUT2D eigenvalue weighted by molar-refractivity contribution is 0.573. The maximum Gasteiger partial charge on any atom is 0.120 e. The maximum absolute atomic E-state index is 9.05. The summed E-state index contributed by atoms with van der Waals surface area (Å²) in [6, 6.07) is 9.72. The molecule has 2 aromatic rings. The topological polar surface area (TPSA) is 40.8 Å². The van der Waals surface area contributed by atoms with Gasteiger partial charge in [-0.2, -0.15) is 5.26 Å². The molecule has 0 spiro atoms. The normalized spacial score (nSPS) is 12.2. The third-order valence-electron chi connectivity index (χ3n) is 3.78. The Morgan fingerprint density at radius 2 is 2.05 bits per heavy atom. The van der Waals surface area contributed by atoms with E-state index in [4.69, 9.17) is 28.5 Å². The van der Waals surface area contributed by atoms with E-state index in [2.05, 4.69) is 18.3 Å². The molecule has 0 aliphatic rings. The lowest BCUT2D eigenvalue weighted by Crippen LogP contribution is -2.18. The Morgan fingerprint density at radius 1 is 1.33 bits per heavy atom. The minimum atomic E-state index is 0.0971. The van der Waals surface area contributed by atoms with Crippen LogP contribution in [-0.2, 0) is 13.6 Å². The van der Waals surface area contributed by atoms with Crippen molar-refractivity contribution in [1.29, 1.82) is 5.26 Å². The Labute approximate surface area is 135 Å². The number of aromatic nitrogens is 1. The van der Waals surface area contributed by atoms with Crippen LogP contribution in [0.2, 0.25) is 10.0 Å². The zero-order valence-electron chi connectivity index (χ0n) is 12.2. The van der Waals surface area contributed by atoms with Crippen molar-refractivity contribution in [2.75, 3.05) is 0 Å². The Hall–Kier alpha value is -1.47. The van der Waals surface area contributed by atoms with E-state index in [1.54, 1.807) is 6.07 Å². The molecule has 0 aliphatic carbocycles. The maximum atomic E-state index is 9.05. The van der Waals surface area contributed by atoms with E-state index in [9.17, 15) is 0 Å². The molecule has 1 aromatic carbocycles. The first kappa shape index (κ1) is 15.9. The molecule has 0 bridgehead atoms. The van der Waals surface area contributed by atoms with E-state index in [0.29, 0.717) is 22.3 Å². The Balaban J connectivity index is 2.11. The first-order valence-corrected chi connectivity index (χ1v) is 7.43. The van der Waals surface area contributed by atoms with Crippen molar-refractivity contribution in [2.45, 2.75) is 26.4 Å². The van der Waals surface area contributed by atoms with Crippen LogP contribution in [0.25, 0.3) is 0 Å². The van der Waals surface area contributed by atoms with Gasteiger partial charge in [0, 0.05) is 35.4 Å². The molecule has 21 heavy (non-hydrogen) atoms. The van der Waals surface area contributed by atoms with Crippen molar-refractivity contribution in [2.24, 2.45) is 7.05 Å². The molecule has 1 aromatic heterocycles. The second-order valence-corrected chi connectivity index (χ2v) is 5.92. The molecule has 3 nitrogen and oxygen atoms in total. The van der Waals surface area contributed by atoms with Gasteiger partial charge in [-0.3, -0.25) is 0 Å². The molecule has 2 rings (SSSR count). The van der Waals surface area contributed by atoms with Gasteiger partial charge in [0.1, 0.15) is 11.8 Å². The van der Waals surface area contributed by atoms with Crippen molar-refractivity contribution < 1.29 is 0 Å². The summed E-state index contributed by atoms with van der Waals surface area (Å²) in [6.07, 6.45) is 0. The van der Waals surface area contributed by atoms with Gasteiger partial charge >= 0.3 is 0 Å². The van der Waals surface area contributed by atoms with Crippen molar-refractivity contribution in [1.82, 2.24) is 9.88 Å². The second kappa shape index (κ2) is 6.53. The van der Waals surface area contributed by atoms with Crippen molar-refractivity contribution in [3.8, 4) is 6.07 Å². The van der Waals surface area contributed by atoms with Crippen LogP contribution in [0.1, 0.15) is 35.5 Å². The number of hydrogen-bond donors (Lipinski definition) is 1. The highest BCUT2D eigenvalue weighted by Gasteiger charge is 2.12. The molecule has 1 N–H and O–H groups in total. The summed E-state index contributed by atoms with van der Waals surface area (Å²) in [5.41, 5.74) is 3.89. The minimum Gasteiger partial charge on any atom is -0.340 e. The van der Waals surface area contributed by atoms with Crippen molar-refractivity contribution in [3.05, 3.63) is 56.8 Å². The number of nitrogens with zero attached hydrogens (tertiary/aromatic N) is 2. The fourth-order valence-corrected chi connectivity index (χ4v) is 2.85. The van der Waals surface area contributed by atoms with Crippen LogP contribution in [0.15, 0.2) is 24.3 Å². The van der Waals surface area contributed by atoms with Gasteiger partial charge in [-0.05, 0) is 43.2 Å². The minimum absolute atomic E-state index is 0.0971. The average molecular weight is 322 g/mol. The average Bonchev–Trinajstić information content (AvgIpc) is 2.72. The standard InChI is InChI=1S/C16H17Cl2N3/c1-10(15-5-4-13(17)7-16(15)18)20-9-12-6-14(8-19)21(3)11(12)2/h4-7,10,20H,9H2,1-3H3. The number of benzene rings is 1. The van der Waals surface area contributed by atoms with E-state index < -0.39 is 0 Å². The highest BCUT2D eigenvalue weighted by atomic mass is 35.5. The highest BCUT2D eigenvalue weighted by Crippen LogP contribution is 2.26. The molecular formula is C16H17Cl2N3. The van der Waals surface area contributed by atoms with Crippen molar-refractivity contribution >= 4 is 23.2 Å². The molecule has 1 unspecified atom stereocenters. The molecule has 0 saturated heterocycles. The molecule has 110 valence electrons. The Morgan fingerprint density at radius 3 is 2.62 bits per heavy atom. The summed E-state index contributed by atoms with van der Waals surface area (Å²) in [6.45, 7) is 4.75. The number of halogens is 2. The largest absolute Gasteiger partial charge is 0.340 e. The molecule has 0 amide bonds. The lowest BCUT2D eigenvalue weighted by Gasteiger charge is -2.16. The fourth-order valence-electron chi connectivity index (χ4n) is 2.27. The third-order valence-corrected chi connectivity index (χ3v) is 4.34. The molecule has 0 saturated carbocycles. The van der Waals surface area contributed by atoms with Crippen LogP contribution in [0.4, 0.5) is 0 Å². The first-order valence-electron chi connectivity index (χ1n) is 6.67. The van der Waals surface area contributed by atoms with Crippen molar-refractivity contribution in [3.63, 3.8) is 0 Å². The quantitative estimate of drug-likeness (QED) is 0.908. The SMILES string of the molecule is Cc1c(CNC(C)c2ccc(Cl)cc2Cl)cc(C#N)n1C. The molecule has 1 heterocycles. The van der Waals surface area contributed by atoms with E-state index in [1.165, 1.54) is 0 Å². The number of nitrogens with one attached hydrogen (secondary N) is 1. The summed E-state index contributed by atoms with van der Waals surface area (Å²) in [4.78, 5) is 0. The fraction of sp³-hybridized carbons (Fsp3) is 0.312. The van der Waals surface area contributed by atoms with Crippen LogP contribution in [0.5, 0.6) is 0 Å². The predicted octanol–water partition coefficient (Wildman–Crippen LogP) is 4.36. The molecule has 0 radical (unpaired) electrons. The van der Waals surface area contributed by atoms with Gasteiger partial charge in [-0.1, -0.05) is 29.3 Å². The summed E-state index contributed by atoms with van der Waals surface area (Å²) in [7, 11) is 1.90. The van der Waals surface area contributed by atoms with Crippen LogP contribution in [0.3, 0.4) is 0 Å². The Kier molecular flexibility index (Phi) is 4.95. The number of nitriles is 1. The Bertz CT molecular complexity index is 698. The highest BCUT2D eigenvalue weighted by molar-refractivity contribution is 6.35. The summed E-state index contributed by atoms with van der Waals surface area (Å²) in [5.74, 6) is 0. The van der Waals surface area contributed by atoms with E-state index in [-0.39, 0.29) is 6.04 Å². The predicted molar refractivity (Wildman–Crippen MR) is 86.6 cm³/mol. The monoisotopic (exact) mass is 321 g/mol. The van der Waals surface area contributed by atoms with E-state index in [0.717, 1.165) is 16.8 Å². The van der Waals surface area contributed by atoms with Crippen LogP contribution in [-0.4, -0.2) is 4.57 Å². The lowest BCUT2D eigenvalue weighted by atomic mass is 10.1. The van der Waals surface area contributed by atoms with E-state index >= 15 is 0 Å². The molecule has 5 heteroatoms.